The molecule has 0 spiro atoms. The molecule has 300 valence electrons. The molecule has 2 N–H and O–H groups in total. The summed E-state index contributed by atoms with van der Waals surface area (Å²) >= 11 is 1.49. The topological polar surface area (TPSA) is 131 Å². The van der Waals surface area contributed by atoms with Gasteiger partial charge in [0, 0.05) is 71.6 Å². The summed E-state index contributed by atoms with van der Waals surface area (Å²) in [5.74, 6) is -0.365. The molecule has 12 nitrogen and oxygen atoms in total. The second-order valence-corrected chi connectivity index (χ2v) is 18.0. The second kappa shape index (κ2) is 16.4. The van der Waals surface area contributed by atoms with Gasteiger partial charge in [-0.25, -0.2) is 10.4 Å². The first kappa shape index (κ1) is 40.0. The highest BCUT2D eigenvalue weighted by molar-refractivity contribution is 7.10. The molecule has 6 bridgehead atoms. The van der Waals surface area contributed by atoms with Crippen LogP contribution in [0, 0.1) is 23.2 Å². The number of carbonyl (C=O) groups is 3. The van der Waals surface area contributed by atoms with E-state index >= 15 is 0 Å². The summed E-state index contributed by atoms with van der Waals surface area (Å²) in [5, 5.41) is 8.48. The summed E-state index contributed by atoms with van der Waals surface area (Å²) in [4.78, 5) is 53.5. The van der Waals surface area contributed by atoms with Crippen molar-refractivity contribution in [2.75, 3.05) is 40.9 Å². The lowest BCUT2D eigenvalue weighted by Gasteiger charge is -2.35. The maximum Gasteiger partial charge on any atom is 0.324 e. The Kier molecular flexibility index (Phi) is 11.7. The minimum Gasteiger partial charge on any atom is -0.464 e. The Morgan fingerprint density at radius 1 is 1.20 bits per heavy atom. The lowest BCUT2D eigenvalue weighted by atomic mass is 9.84. The van der Waals surface area contributed by atoms with Crippen molar-refractivity contribution in [3.05, 3.63) is 58.2 Å². The van der Waals surface area contributed by atoms with E-state index < -0.39 is 17.5 Å². The minimum atomic E-state index is -0.836. The Bertz CT molecular complexity index is 2080. The number of nitrogens with one attached hydrogen (secondary N) is 2. The molecule has 1 saturated heterocycles. The van der Waals surface area contributed by atoms with Crippen LogP contribution in [0.25, 0.3) is 33.4 Å². The molecule has 2 amide bonds. The van der Waals surface area contributed by atoms with E-state index in [1.54, 1.807) is 7.11 Å². The molecule has 6 atom stereocenters. The average Bonchev–Trinajstić information content (AvgIpc) is 3.45. The molecule has 2 fully saturated rings. The van der Waals surface area contributed by atoms with Crippen LogP contribution in [0.15, 0.2) is 41.9 Å². The highest BCUT2D eigenvalue weighted by atomic mass is 32.1. The Hall–Kier alpha value is -4.17. The van der Waals surface area contributed by atoms with Crippen molar-refractivity contribution in [2.45, 2.75) is 91.5 Å². The van der Waals surface area contributed by atoms with Crippen molar-refractivity contribution in [3.8, 4) is 22.5 Å². The molecule has 3 aromatic heterocycles. The molecule has 7 rings (SSSR count). The van der Waals surface area contributed by atoms with Gasteiger partial charge in [0.15, 0.2) is 0 Å². The summed E-state index contributed by atoms with van der Waals surface area (Å²) < 4.78 is 14.4. The van der Waals surface area contributed by atoms with Crippen LogP contribution in [0.5, 0.6) is 0 Å². The van der Waals surface area contributed by atoms with Gasteiger partial charge in [-0.1, -0.05) is 33.8 Å². The number of nitrogens with zero attached hydrogens (tertiary/aromatic N) is 5. The number of rotatable bonds is 9. The van der Waals surface area contributed by atoms with Crippen LogP contribution in [0.2, 0.25) is 0 Å². The van der Waals surface area contributed by atoms with Gasteiger partial charge in [-0.2, -0.15) is 0 Å². The van der Waals surface area contributed by atoms with E-state index in [2.05, 4.69) is 86.3 Å². The molecule has 2 aliphatic heterocycles. The first-order valence-corrected chi connectivity index (χ1v) is 20.9. The van der Waals surface area contributed by atoms with Crippen molar-refractivity contribution in [3.63, 3.8) is 0 Å². The Labute approximate surface area is 334 Å². The fourth-order valence-electron chi connectivity index (χ4n) is 8.42. The van der Waals surface area contributed by atoms with E-state index in [-0.39, 0.29) is 54.7 Å². The summed E-state index contributed by atoms with van der Waals surface area (Å²) in [6.07, 6.45) is 4.57. The van der Waals surface area contributed by atoms with Crippen LogP contribution in [-0.4, -0.2) is 95.2 Å². The van der Waals surface area contributed by atoms with E-state index in [4.69, 9.17) is 19.4 Å². The van der Waals surface area contributed by atoms with Crippen molar-refractivity contribution >= 4 is 40.0 Å². The summed E-state index contributed by atoms with van der Waals surface area (Å²) in [6, 6.07) is 9.16. The lowest BCUT2D eigenvalue weighted by Crippen LogP contribution is -2.60. The van der Waals surface area contributed by atoms with Crippen LogP contribution < -0.4 is 10.7 Å². The van der Waals surface area contributed by atoms with E-state index in [0.29, 0.717) is 25.8 Å². The van der Waals surface area contributed by atoms with Crippen LogP contribution in [0.1, 0.15) is 76.3 Å². The van der Waals surface area contributed by atoms with Crippen molar-refractivity contribution < 1.29 is 23.9 Å². The number of benzene rings is 1. The number of fused-ring (bicyclic) bond motifs is 6. The lowest BCUT2D eigenvalue weighted by molar-refractivity contribution is -0.155. The molecule has 1 saturated carbocycles. The van der Waals surface area contributed by atoms with Gasteiger partial charge in [0.2, 0.25) is 5.91 Å². The maximum atomic E-state index is 14.2. The van der Waals surface area contributed by atoms with Crippen LogP contribution >= 0.6 is 11.3 Å². The van der Waals surface area contributed by atoms with Gasteiger partial charge < -0.3 is 24.3 Å². The third-order valence-corrected chi connectivity index (χ3v) is 12.8. The van der Waals surface area contributed by atoms with Gasteiger partial charge in [0.1, 0.15) is 12.1 Å². The number of pyridine rings is 1. The number of hydrogen-bond donors (Lipinski definition) is 2. The molecular weight excluding hydrogens is 727 g/mol. The van der Waals surface area contributed by atoms with Crippen molar-refractivity contribution in [2.24, 2.45) is 23.2 Å². The largest absolute Gasteiger partial charge is 0.464 e. The van der Waals surface area contributed by atoms with Crippen LogP contribution in [0.4, 0.5) is 0 Å². The summed E-state index contributed by atoms with van der Waals surface area (Å²) in [7, 11) is 5.90. The first-order chi connectivity index (χ1) is 26.8. The predicted octanol–water partition coefficient (Wildman–Crippen LogP) is 6.04. The number of esters is 1. The number of ether oxygens (including phenoxy) is 2. The highest BCUT2D eigenvalue weighted by Crippen LogP contribution is 2.46. The number of amides is 2. The van der Waals surface area contributed by atoms with Crippen LogP contribution in [0.3, 0.4) is 0 Å². The van der Waals surface area contributed by atoms with Crippen LogP contribution in [-0.2, 0) is 43.2 Å². The molecule has 4 aromatic rings. The van der Waals surface area contributed by atoms with E-state index in [1.807, 2.05) is 24.6 Å². The van der Waals surface area contributed by atoms with Crippen molar-refractivity contribution in [1.29, 1.82) is 0 Å². The molecule has 5 heterocycles. The minimum absolute atomic E-state index is 0.113. The number of carbonyl (C=O) groups excluding carboxylic acids is 3. The second-order valence-electron chi connectivity index (χ2n) is 17.1. The third kappa shape index (κ3) is 8.27. The van der Waals surface area contributed by atoms with E-state index in [0.717, 1.165) is 69.2 Å². The molecule has 3 aliphatic rings. The zero-order valence-corrected chi connectivity index (χ0v) is 34.9. The zero-order chi connectivity index (χ0) is 39.9. The fourth-order valence-corrected chi connectivity index (χ4v) is 9.27. The molecule has 1 unspecified atom stereocenters. The van der Waals surface area contributed by atoms with Gasteiger partial charge in [-0.3, -0.25) is 24.4 Å². The number of methoxy groups -OCH3 is 1. The maximum absolute atomic E-state index is 14.2. The average molecular weight is 784 g/mol. The quantitative estimate of drug-likeness (QED) is 0.195. The van der Waals surface area contributed by atoms with Gasteiger partial charge in [-0.15, -0.1) is 11.3 Å². The molecule has 0 radical (unpaired) electrons. The standard InChI is InChI=1S/C43H57N7O5S/c1-25-26(2)37(25)40(51)46-33-21-36-45-34(23-56-36)28-14-15-35-30(20-28)31(22-43(4,5)24-55-42(53)32-13-10-19-50(47-32)41(33)52)39(49(35)18-11-17-48(6)7)29-12-9-16-44-38(29)27(3)54-8/h9,12,14-16,20,23,25-27,32-33,37,47H,10-11,13,17-19,21-22,24H2,1-8H3,(H,46,51)/t25-,26+,27-,32-,33-,37?/m0/s1. The van der Waals surface area contributed by atoms with Gasteiger partial charge >= 0.3 is 5.97 Å². The number of thiazole rings is 1. The fraction of sp³-hybridized carbons (Fsp3) is 0.558. The number of aromatic nitrogens is 3. The Morgan fingerprint density at radius 2 is 1.98 bits per heavy atom. The smallest absolute Gasteiger partial charge is 0.324 e. The predicted molar refractivity (Wildman–Crippen MR) is 219 cm³/mol. The molecule has 56 heavy (non-hydrogen) atoms. The zero-order valence-electron chi connectivity index (χ0n) is 34.1. The summed E-state index contributed by atoms with van der Waals surface area (Å²) in [6.45, 7) is 12.8. The molecule has 1 aromatic carbocycles. The number of cyclic esters (lactones) is 1. The Morgan fingerprint density at radius 3 is 2.71 bits per heavy atom. The summed E-state index contributed by atoms with van der Waals surface area (Å²) in [5.41, 5.74) is 9.74. The molecule has 13 heteroatoms. The monoisotopic (exact) mass is 783 g/mol. The Balaban J connectivity index is 1.37. The first-order valence-electron chi connectivity index (χ1n) is 20.0. The number of hydrazine groups is 1. The SMILES string of the molecule is CO[C@@H](C)c1ncccc1-c1c2c3cc(ccc3n1CCCN(C)C)-c1csc(n1)C[C@H](NC(=O)C1[C@@H](C)[C@H]1C)C(=O)N1CCC[C@H](N1)C(=O)OCC(C)(C)C2. The van der Waals surface area contributed by atoms with E-state index in [9.17, 15) is 14.4 Å². The van der Waals surface area contributed by atoms with E-state index in [1.165, 1.54) is 16.3 Å². The third-order valence-electron chi connectivity index (χ3n) is 11.9. The molecule has 1 aliphatic carbocycles. The number of hydrogen-bond acceptors (Lipinski definition) is 10. The van der Waals surface area contributed by atoms with Crippen molar-refractivity contribution in [1.82, 2.24) is 35.2 Å². The molecular formula is C43H57N7O5S. The van der Waals surface area contributed by atoms with Gasteiger partial charge in [0.25, 0.3) is 5.91 Å². The van der Waals surface area contributed by atoms with Gasteiger partial charge in [-0.05, 0) is 94.9 Å². The number of aryl methyl sites for hydroxylation is 1. The van der Waals surface area contributed by atoms with Gasteiger partial charge in [0.05, 0.1) is 34.8 Å². The highest BCUT2D eigenvalue weighted by Gasteiger charge is 2.49. The normalized spacial score (nSPS) is 24.5.